The van der Waals surface area contributed by atoms with E-state index in [0.717, 1.165) is 28.0 Å². The molecule has 1 aromatic rings. The molecule has 1 aliphatic heterocycles. The number of amides is 2. The number of hydrogen-bond acceptors (Lipinski definition) is 6. The van der Waals surface area contributed by atoms with Gasteiger partial charge in [-0.3, -0.25) is 19.3 Å². The van der Waals surface area contributed by atoms with E-state index in [4.69, 9.17) is 4.74 Å². The molecule has 7 heteroatoms. The molecule has 0 radical (unpaired) electrons. The van der Waals surface area contributed by atoms with Crippen molar-refractivity contribution in [3.63, 3.8) is 0 Å². The van der Waals surface area contributed by atoms with Gasteiger partial charge in [0.15, 0.2) is 0 Å². The zero-order chi connectivity index (χ0) is 16.8. The largest absolute Gasteiger partial charge is 0.497 e. The second kappa shape index (κ2) is 7.64. The minimum Gasteiger partial charge on any atom is -0.497 e. The number of carbonyl (C=O) groups is 3. The number of thioether (sulfide) groups is 1. The third kappa shape index (κ3) is 4.23. The number of carbonyl (C=O) groups excluding carboxylic acids is 3. The first-order valence-electron chi connectivity index (χ1n) is 6.68. The summed E-state index contributed by atoms with van der Waals surface area (Å²) in [5, 5.41) is -0.482. The van der Waals surface area contributed by atoms with Crippen molar-refractivity contribution in [3.8, 4) is 5.75 Å². The minimum atomic E-state index is -0.637. The molecule has 2 amide bonds. The number of nitrogens with zero attached hydrogens (tertiary/aromatic N) is 1. The fraction of sp³-hybridized carbons (Fsp3) is 0.188. The summed E-state index contributed by atoms with van der Waals surface area (Å²) in [7, 11) is 2.80. The maximum Gasteiger partial charge on any atom is 0.325 e. The molecule has 6 nitrogen and oxygen atoms in total. The second-order valence-corrected chi connectivity index (χ2v) is 5.49. The molecule has 1 aliphatic rings. The van der Waals surface area contributed by atoms with Gasteiger partial charge in [-0.15, -0.1) is 0 Å². The van der Waals surface area contributed by atoms with Crippen molar-refractivity contribution in [2.24, 2.45) is 0 Å². The Labute approximate surface area is 137 Å². The Balaban J connectivity index is 2.04. The number of imide groups is 1. The average molecular weight is 333 g/mol. The molecule has 0 saturated carbocycles. The van der Waals surface area contributed by atoms with E-state index in [1.807, 2.05) is 24.3 Å². The average Bonchev–Trinajstić information content (AvgIpc) is 2.83. The summed E-state index contributed by atoms with van der Waals surface area (Å²) in [5.74, 6) is -0.377. The van der Waals surface area contributed by atoms with Crippen molar-refractivity contribution in [1.82, 2.24) is 4.90 Å². The Kier molecular flexibility index (Phi) is 5.59. The van der Waals surface area contributed by atoms with Crippen LogP contribution in [0.2, 0.25) is 0 Å². The van der Waals surface area contributed by atoms with Gasteiger partial charge in [-0.1, -0.05) is 24.3 Å². The highest BCUT2D eigenvalue weighted by Crippen LogP contribution is 2.30. The first-order valence-corrected chi connectivity index (χ1v) is 7.49. The summed E-state index contributed by atoms with van der Waals surface area (Å²) < 4.78 is 9.53. The SMILES string of the molecule is COC(=O)CN1C(=O)S/C(=C/C=C/c2ccc(OC)cc2)C1=O. The fourth-order valence-corrected chi connectivity index (χ4v) is 2.60. The van der Waals surface area contributed by atoms with Crippen LogP contribution in [-0.2, 0) is 14.3 Å². The molecule has 0 aromatic heterocycles. The summed E-state index contributed by atoms with van der Waals surface area (Å²) in [4.78, 5) is 36.1. The molecule has 0 bridgehead atoms. The van der Waals surface area contributed by atoms with Gasteiger partial charge in [-0.2, -0.15) is 0 Å². The van der Waals surface area contributed by atoms with Gasteiger partial charge in [0.05, 0.1) is 19.1 Å². The van der Waals surface area contributed by atoms with E-state index in [1.54, 1.807) is 25.3 Å². The zero-order valence-corrected chi connectivity index (χ0v) is 13.5. The van der Waals surface area contributed by atoms with Crippen molar-refractivity contribution in [2.45, 2.75) is 0 Å². The molecule has 0 N–H and O–H groups in total. The minimum absolute atomic E-state index is 0.267. The monoisotopic (exact) mass is 333 g/mol. The third-order valence-corrected chi connectivity index (χ3v) is 3.97. The molecule has 1 saturated heterocycles. The van der Waals surface area contributed by atoms with E-state index in [0.29, 0.717) is 0 Å². The lowest BCUT2D eigenvalue weighted by Gasteiger charge is -2.09. The van der Waals surface area contributed by atoms with E-state index in [2.05, 4.69) is 4.74 Å². The predicted molar refractivity (Wildman–Crippen MR) is 86.8 cm³/mol. The van der Waals surface area contributed by atoms with Gasteiger partial charge < -0.3 is 9.47 Å². The van der Waals surface area contributed by atoms with Gasteiger partial charge in [0.25, 0.3) is 11.1 Å². The van der Waals surface area contributed by atoms with Crippen LogP contribution in [0.1, 0.15) is 5.56 Å². The Morgan fingerprint density at radius 1 is 1.22 bits per heavy atom. The van der Waals surface area contributed by atoms with Crippen LogP contribution in [0.5, 0.6) is 5.75 Å². The van der Waals surface area contributed by atoms with Crippen molar-refractivity contribution < 1.29 is 23.9 Å². The lowest BCUT2D eigenvalue weighted by Crippen LogP contribution is -2.34. The number of esters is 1. The number of hydrogen-bond donors (Lipinski definition) is 0. The number of allylic oxidation sites excluding steroid dienone is 2. The van der Waals surface area contributed by atoms with Gasteiger partial charge in [-0.25, -0.2) is 0 Å². The maximum atomic E-state index is 12.1. The highest BCUT2D eigenvalue weighted by atomic mass is 32.2. The highest BCUT2D eigenvalue weighted by Gasteiger charge is 2.36. The normalized spacial score (nSPS) is 16.4. The van der Waals surface area contributed by atoms with Crippen LogP contribution in [0, 0.1) is 0 Å². The topological polar surface area (TPSA) is 72.9 Å². The summed E-state index contributed by atoms with van der Waals surface area (Å²) in [5.41, 5.74) is 0.927. The third-order valence-electron chi connectivity index (χ3n) is 3.04. The van der Waals surface area contributed by atoms with Gasteiger partial charge in [0.1, 0.15) is 12.3 Å². The highest BCUT2D eigenvalue weighted by molar-refractivity contribution is 8.18. The molecule has 120 valence electrons. The van der Waals surface area contributed by atoms with Crippen molar-refractivity contribution >= 4 is 35.0 Å². The molecule has 1 heterocycles. The molecule has 0 aliphatic carbocycles. The summed E-state index contributed by atoms with van der Waals surface area (Å²) in [6.07, 6.45) is 5.02. The van der Waals surface area contributed by atoms with Crippen LogP contribution < -0.4 is 4.74 Å². The molecule has 1 aromatic carbocycles. The Bertz CT molecular complexity index is 678. The number of rotatable bonds is 5. The molecule has 0 spiro atoms. The second-order valence-electron chi connectivity index (χ2n) is 4.50. The number of benzene rings is 1. The first kappa shape index (κ1) is 16.8. The predicted octanol–water partition coefficient (Wildman–Crippen LogP) is 2.46. The van der Waals surface area contributed by atoms with Crippen LogP contribution >= 0.6 is 11.8 Å². The molecule has 0 atom stereocenters. The van der Waals surface area contributed by atoms with Crippen molar-refractivity contribution in [2.75, 3.05) is 20.8 Å². The van der Waals surface area contributed by atoms with E-state index >= 15 is 0 Å². The summed E-state index contributed by atoms with van der Waals surface area (Å²) in [6, 6.07) is 7.38. The van der Waals surface area contributed by atoms with Crippen molar-refractivity contribution in [3.05, 3.63) is 46.9 Å². The maximum absolute atomic E-state index is 12.1. The van der Waals surface area contributed by atoms with E-state index in [9.17, 15) is 14.4 Å². The van der Waals surface area contributed by atoms with Gasteiger partial charge in [0, 0.05) is 0 Å². The summed E-state index contributed by atoms with van der Waals surface area (Å²) in [6.45, 7) is -0.374. The molecule has 0 unspecified atom stereocenters. The van der Waals surface area contributed by atoms with E-state index in [1.165, 1.54) is 7.11 Å². The van der Waals surface area contributed by atoms with Crippen LogP contribution in [0.3, 0.4) is 0 Å². The van der Waals surface area contributed by atoms with Crippen LogP contribution in [0.15, 0.2) is 41.3 Å². The molecular weight excluding hydrogens is 318 g/mol. The molecular formula is C16H15NO5S. The lowest BCUT2D eigenvalue weighted by molar-refractivity contribution is -0.143. The van der Waals surface area contributed by atoms with Gasteiger partial charge in [-0.05, 0) is 35.5 Å². The zero-order valence-electron chi connectivity index (χ0n) is 12.6. The van der Waals surface area contributed by atoms with Crippen molar-refractivity contribution in [1.29, 1.82) is 0 Å². The standard InChI is InChI=1S/C16H15NO5S/c1-21-12-8-6-11(7-9-12)4-3-5-13-15(19)17(16(20)23-13)10-14(18)22-2/h3-9H,10H2,1-2H3/b4-3+,13-5+. The quantitative estimate of drug-likeness (QED) is 0.609. The smallest absolute Gasteiger partial charge is 0.325 e. The van der Waals surface area contributed by atoms with E-state index < -0.39 is 17.1 Å². The van der Waals surface area contributed by atoms with E-state index in [-0.39, 0.29) is 11.4 Å². The van der Waals surface area contributed by atoms with Crippen LogP contribution in [0.4, 0.5) is 4.79 Å². The number of ether oxygens (including phenoxy) is 2. The Morgan fingerprint density at radius 3 is 2.52 bits per heavy atom. The molecule has 1 fully saturated rings. The van der Waals surface area contributed by atoms with Crippen LogP contribution in [-0.4, -0.2) is 42.8 Å². The fourth-order valence-electron chi connectivity index (χ4n) is 1.81. The first-order chi connectivity index (χ1) is 11.0. The van der Waals surface area contributed by atoms with Gasteiger partial charge >= 0.3 is 5.97 Å². The lowest BCUT2D eigenvalue weighted by atomic mass is 10.2. The number of methoxy groups -OCH3 is 2. The Hall–Kier alpha value is -2.54. The van der Waals surface area contributed by atoms with Crippen LogP contribution in [0.25, 0.3) is 6.08 Å². The summed E-state index contributed by atoms with van der Waals surface area (Å²) >= 11 is 0.795. The van der Waals surface area contributed by atoms with Gasteiger partial charge in [0.2, 0.25) is 0 Å². The Morgan fingerprint density at radius 2 is 1.91 bits per heavy atom. The molecule has 23 heavy (non-hydrogen) atoms. The molecule has 2 rings (SSSR count).